The van der Waals surface area contributed by atoms with Crippen molar-refractivity contribution in [2.75, 3.05) is 7.05 Å². The monoisotopic (exact) mass is 235 g/mol. The minimum absolute atomic E-state index is 0.527. The zero-order valence-electron chi connectivity index (χ0n) is 10.6. The number of nitrogens with one attached hydrogen (secondary N) is 1. The molecule has 1 aromatic rings. The standard InChI is InChI=1S/C14H21NO2/c1-3-4-10-14(15-2,13(16)17)11-12-8-6-5-7-9-12/h5-9,15H,3-4,10-11H2,1-2H3,(H,16,17). The highest BCUT2D eigenvalue weighted by Crippen LogP contribution is 2.20. The Morgan fingerprint density at radius 1 is 1.35 bits per heavy atom. The van der Waals surface area contributed by atoms with E-state index in [1.165, 1.54) is 0 Å². The van der Waals surface area contributed by atoms with E-state index in [9.17, 15) is 9.90 Å². The summed E-state index contributed by atoms with van der Waals surface area (Å²) >= 11 is 0. The van der Waals surface area contributed by atoms with Crippen LogP contribution < -0.4 is 5.32 Å². The molecule has 3 heteroatoms. The Labute approximate surface area is 103 Å². The molecule has 0 saturated heterocycles. The molecule has 1 atom stereocenters. The zero-order chi connectivity index (χ0) is 12.7. The first-order valence-electron chi connectivity index (χ1n) is 6.11. The maximum absolute atomic E-state index is 11.5. The third-order valence-electron chi connectivity index (χ3n) is 3.19. The van der Waals surface area contributed by atoms with E-state index in [0.717, 1.165) is 18.4 Å². The van der Waals surface area contributed by atoms with Crippen molar-refractivity contribution in [2.45, 2.75) is 38.1 Å². The third-order valence-corrected chi connectivity index (χ3v) is 3.19. The molecule has 1 aromatic carbocycles. The molecule has 3 nitrogen and oxygen atoms in total. The first kappa shape index (κ1) is 13.7. The highest BCUT2D eigenvalue weighted by atomic mass is 16.4. The Kier molecular flexibility index (Phi) is 5.16. The average Bonchev–Trinajstić information content (AvgIpc) is 2.35. The lowest BCUT2D eigenvalue weighted by molar-refractivity contribution is -0.145. The molecule has 0 heterocycles. The van der Waals surface area contributed by atoms with Crippen molar-refractivity contribution in [1.29, 1.82) is 0 Å². The average molecular weight is 235 g/mol. The Morgan fingerprint density at radius 2 is 2.00 bits per heavy atom. The van der Waals surface area contributed by atoms with Crippen molar-refractivity contribution in [1.82, 2.24) is 5.32 Å². The van der Waals surface area contributed by atoms with Gasteiger partial charge in [0.1, 0.15) is 5.54 Å². The van der Waals surface area contributed by atoms with Crippen molar-refractivity contribution >= 4 is 5.97 Å². The molecule has 94 valence electrons. The number of likely N-dealkylation sites (N-methyl/N-ethyl adjacent to an activating group) is 1. The summed E-state index contributed by atoms with van der Waals surface area (Å²) in [5.74, 6) is -0.766. The van der Waals surface area contributed by atoms with Crippen LogP contribution in [0.25, 0.3) is 0 Å². The third kappa shape index (κ3) is 3.56. The molecule has 0 aliphatic carbocycles. The predicted octanol–water partition coefficient (Wildman–Crippen LogP) is 2.46. The van der Waals surface area contributed by atoms with Crippen LogP contribution in [0.4, 0.5) is 0 Å². The first-order valence-corrected chi connectivity index (χ1v) is 6.11. The topological polar surface area (TPSA) is 49.3 Å². The van der Waals surface area contributed by atoms with Crippen LogP contribution in [0.2, 0.25) is 0 Å². The van der Waals surface area contributed by atoms with Crippen LogP contribution in [-0.4, -0.2) is 23.7 Å². The van der Waals surface area contributed by atoms with Gasteiger partial charge in [0, 0.05) is 6.42 Å². The van der Waals surface area contributed by atoms with E-state index in [1.807, 2.05) is 30.3 Å². The second-order valence-corrected chi connectivity index (χ2v) is 4.40. The summed E-state index contributed by atoms with van der Waals surface area (Å²) < 4.78 is 0. The normalized spacial score (nSPS) is 14.2. The van der Waals surface area contributed by atoms with Crippen molar-refractivity contribution in [3.8, 4) is 0 Å². The Balaban J connectivity index is 2.86. The fraction of sp³-hybridized carbons (Fsp3) is 0.500. The van der Waals surface area contributed by atoms with E-state index in [-0.39, 0.29) is 0 Å². The van der Waals surface area contributed by atoms with Gasteiger partial charge in [0.25, 0.3) is 0 Å². The second kappa shape index (κ2) is 6.40. The van der Waals surface area contributed by atoms with Gasteiger partial charge in [-0.15, -0.1) is 0 Å². The first-order chi connectivity index (χ1) is 8.14. The van der Waals surface area contributed by atoms with Crippen molar-refractivity contribution in [2.24, 2.45) is 0 Å². The summed E-state index contributed by atoms with van der Waals surface area (Å²) in [7, 11) is 1.73. The number of carboxylic acid groups (broad SMARTS) is 1. The number of unbranched alkanes of at least 4 members (excludes halogenated alkanes) is 1. The minimum Gasteiger partial charge on any atom is -0.480 e. The molecule has 0 radical (unpaired) electrons. The molecule has 0 spiro atoms. The van der Waals surface area contributed by atoms with Gasteiger partial charge in [-0.25, -0.2) is 0 Å². The molecule has 0 amide bonds. The van der Waals surface area contributed by atoms with E-state index in [2.05, 4.69) is 12.2 Å². The van der Waals surface area contributed by atoms with Gasteiger partial charge in [0.15, 0.2) is 0 Å². The van der Waals surface area contributed by atoms with Gasteiger partial charge in [0.05, 0.1) is 0 Å². The maximum Gasteiger partial charge on any atom is 0.324 e. The second-order valence-electron chi connectivity index (χ2n) is 4.40. The molecule has 1 rings (SSSR count). The number of rotatable bonds is 7. The van der Waals surface area contributed by atoms with E-state index < -0.39 is 11.5 Å². The number of hydrogen-bond donors (Lipinski definition) is 2. The lowest BCUT2D eigenvalue weighted by atomic mass is 9.86. The number of carbonyl (C=O) groups is 1. The summed E-state index contributed by atoms with van der Waals surface area (Å²) in [4.78, 5) is 11.5. The molecule has 2 N–H and O–H groups in total. The molecular formula is C14H21NO2. The minimum atomic E-state index is -0.836. The lowest BCUT2D eigenvalue weighted by Gasteiger charge is -2.29. The summed E-state index contributed by atoms with van der Waals surface area (Å²) in [5, 5.41) is 12.4. The Morgan fingerprint density at radius 3 is 2.47 bits per heavy atom. The number of carboxylic acids is 1. The van der Waals surface area contributed by atoms with Gasteiger partial charge in [-0.2, -0.15) is 0 Å². The molecule has 0 bridgehead atoms. The number of aliphatic carboxylic acids is 1. The highest BCUT2D eigenvalue weighted by Gasteiger charge is 2.36. The van der Waals surface area contributed by atoms with E-state index >= 15 is 0 Å². The predicted molar refractivity (Wildman–Crippen MR) is 69.1 cm³/mol. The van der Waals surface area contributed by atoms with Crippen molar-refractivity contribution in [3.63, 3.8) is 0 Å². The summed E-state index contributed by atoms with van der Waals surface area (Å²) in [5.41, 5.74) is 0.220. The Bertz CT molecular complexity index is 350. The fourth-order valence-corrected chi connectivity index (χ4v) is 2.01. The molecule has 0 fully saturated rings. The van der Waals surface area contributed by atoms with Gasteiger partial charge in [-0.05, 0) is 19.0 Å². The van der Waals surface area contributed by atoms with Gasteiger partial charge < -0.3 is 10.4 Å². The molecule has 0 saturated carbocycles. The lowest BCUT2D eigenvalue weighted by Crippen LogP contribution is -2.52. The summed E-state index contributed by atoms with van der Waals surface area (Å²) in [6, 6.07) is 9.77. The molecule has 17 heavy (non-hydrogen) atoms. The van der Waals surface area contributed by atoms with Gasteiger partial charge in [-0.3, -0.25) is 4.79 Å². The number of hydrogen-bond acceptors (Lipinski definition) is 2. The number of benzene rings is 1. The Hall–Kier alpha value is -1.35. The molecule has 1 unspecified atom stereocenters. The maximum atomic E-state index is 11.5. The van der Waals surface area contributed by atoms with Crippen LogP contribution in [-0.2, 0) is 11.2 Å². The largest absolute Gasteiger partial charge is 0.480 e. The van der Waals surface area contributed by atoms with E-state index in [0.29, 0.717) is 12.8 Å². The quantitative estimate of drug-likeness (QED) is 0.763. The highest BCUT2D eigenvalue weighted by molar-refractivity contribution is 5.79. The summed E-state index contributed by atoms with van der Waals surface area (Å²) in [6.45, 7) is 2.07. The van der Waals surface area contributed by atoms with Gasteiger partial charge in [0.2, 0.25) is 0 Å². The van der Waals surface area contributed by atoms with Crippen LogP contribution in [0.15, 0.2) is 30.3 Å². The van der Waals surface area contributed by atoms with Gasteiger partial charge >= 0.3 is 5.97 Å². The SMILES string of the molecule is CCCCC(Cc1ccccc1)(NC)C(=O)O. The zero-order valence-corrected chi connectivity index (χ0v) is 10.6. The van der Waals surface area contributed by atoms with E-state index in [1.54, 1.807) is 7.05 Å². The van der Waals surface area contributed by atoms with Crippen molar-refractivity contribution in [3.05, 3.63) is 35.9 Å². The fourth-order valence-electron chi connectivity index (χ4n) is 2.01. The summed E-state index contributed by atoms with van der Waals surface area (Å²) in [6.07, 6.45) is 3.11. The smallest absolute Gasteiger partial charge is 0.324 e. The van der Waals surface area contributed by atoms with Crippen molar-refractivity contribution < 1.29 is 9.90 Å². The van der Waals surface area contributed by atoms with Crippen LogP contribution in [0, 0.1) is 0 Å². The van der Waals surface area contributed by atoms with E-state index in [4.69, 9.17) is 0 Å². The van der Waals surface area contributed by atoms with Crippen LogP contribution in [0.1, 0.15) is 31.7 Å². The van der Waals surface area contributed by atoms with Crippen LogP contribution in [0.3, 0.4) is 0 Å². The van der Waals surface area contributed by atoms with Gasteiger partial charge in [-0.1, -0.05) is 50.1 Å². The van der Waals surface area contributed by atoms with Crippen LogP contribution >= 0.6 is 0 Å². The molecular weight excluding hydrogens is 214 g/mol. The molecule has 0 aliphatic rings. The molecule has 0 aliphatic heterocycles. The molecule has 0 aromatic heterocycles. The van der Waals surface area contributed by atoms with Crippen LogP contribution in [0.5, 0.6) is 0 Å².